The molecule has 25 heavy (non-hydrogen) atoms. The van der Waals surface area contributed by atoms with Crippen LogP contribution < -0.4 is 9.47 Å². The summed E-state index contributed by atoms with van der Waals surface area (Å²) in [6, 6.07) is 19.4. The van der Waals surface area contributed by atoms with E-state index in [9.17, 15) is 4.79 Å². The average molecular weight is 335 g/mol. The Balaban J connectivity index is 1.85. The molecule has 0 heterocycles. The Hall–Kier alpha value is -3.01. The van der Waals surface area contributed by atoms with Gasteiger partial charge in [-0.05, 0) is 29.0 Å². The third-order valence-electron chi connectivity index (χ3n) is 4.24. The number of nitrogens with zero attached hydrogens (tertiary/aromatic N) is 1. The van der Waals surface area contributed by atoms with Crippen molar-refractivity contribution >= 4 is 16.7 Å². The molecule has 0 radical (unpaired) electrons. The summed E-state index contributed by atoms with van der Waals surface area (Å²) in [7, 11) is 4.99. The van der Waals surface area contributed by atoms with Crippen molar-refractivity contribution in [3.05, 3.63) is 71.8 Å². The van der Waals surface area contributed by atoms with E-state index in [-0.39, 0.29) is 5.91 Å². The molecule has 0 aliphatic carbocycles. The molecule has 4 heteroatoms. The number of carbonyl (C=O) groups excluding carboxylic acids is 1. The number of fused-ring (bicyclic) bond motifs is 1. The largest absolute Gasteiger partial charge is 0.493 e. The van der Waals surface area contributed by atoms with Gasteiger partial charge in [-0.15, -0.1) is 0 Å². The first kappa shape index (κ1) is 16.8. The van der Waals surface area contributed by atoms with Crippen LogP contribution in [0.15, 0.2) is 60.7 Å². The van der Waals surface area contributed by atoms with Crippen molar-refractivity contribution in [3.63, 3.8) is 0 Å². The van der Waals surface area contributed by atoms with Gasteiger partial charge in [-0.3, -0.25) is 4.79 Å². The van der Waals surface area contributed by atoms with Gasteiger partial charge in [0.15, 0.2) is 11.5 Å². The maximum absolute atomic E-state index is 12.8. The summed E-state index contributed by atoms with van der Waals surface area (Å²) >= 11 is 0. The van der Waals surface area contributed by atoms with Crippen molar-refractivity contribution in [1.82, 2.24) is 4.90 Å². The predicted octanol–water partition coefficient (Wildman–Crippen LogP) is 4.13. The van der Waals surface area contributed by atoms with E-state index in [2.05, 4.69) is 0 Å². The first-order chi connectivity index (χ1) is 12.1. The molecule has 0 fully saturated rings. The smallest absolute Gasteiger partial charge is 0.253 e. The molecular formula is C21H21NO3. The van der Waals surface area contributed by atoms with Crippen LogP contribution in [0.4, 0.5) is 0 Å². The van der Waals surface area contributed by atoms with E-state index in [0.717, 1.165) is 16.3 Å². The first-order valence-corrected chi connectivity index (χ1v) is 8.08. The maximum Gasteiger partial charge on any atom is 0.253 e. The summed E-state index contributed by atoms with van der Waals surface area (Å²) in [4.78, 5) is 14.5. The summed E-state index contributed by atoms with van der Waals surface area (Å²) in [5.74, 6) is 1.28. The molecule has 128 valence electrons. The Kier molecular flexibility index (Phi) is 4.89. The summed E-state index contributed by atoms with van der Waals surface area (Å²) in [5.41, 5.74) is 1.57. The topological polar surface area (TPSA) is 38.8 Å². The Labute approximate surface area is 147 Å². The molecular weight excluding hydrogens is 314 g/mol. The van der Waals surface area contributed by atoms with Crippen molar-refractivity contribution in [2.24, 2.45) is 0 Å². The molecule has 0 atom stereocenters. The Morgan fingerprint density at radius 3 is 2.40 bits per heavy atom. The van der Waals surface area contributed by atoms with E-state index in [1.54, 1.807) is 26.2 Å². The molecule has 0 N–H and O–H groups in total. The van der Waals surface area contributed by atoms with Crippen molar-refractivity contribution in [3.8, 4) is 11.5 Å². The highest BCUT2D eigenvalue weighted by Gasteiger charge is 2.16. The zero-order valence-corrected chi connectivity index (χ0v) is 14.7. The van der Waals surface area contributed by atoms with E-state index in [0.29, 0.717) is 23.6 Å². The standard InChI is InChI=1S/C21H21NO3/c1-22(14-18-9-6-10-19(24-2)20(18)25-3)21(23)17-12-11-15-7-4-5-8-16(15)13-17/h4-13H,14H2,1-3H3. The second kappa shape index (κ2) is 7.26. The van der Waals surface area contributed by atoms with Gasteiger partial charge in [0, 0.05) is 24.7 Å². The molecule has 3 aromatic carbocycles. The number of para-hydroxylation sites is 1. The lowest BCUT2D eigenvalue weighted by molar-refractivity contribution is 0.0784. The van der Waals surface area contributed by atoms with Gasteiger partial charge in [0.1, 0.15) is 0 Å². The van der Waals surface area contributed by atoms with Gasteiger partial charge in [0.2, 0.25) is 0 Å². The lowest BCUT2D eigenvalue weighted by Gasteiger charge is -2.20. The molecule has 0 unspecified atom stereocenters. The van der Waals surface area contributed by atoms with Gasteiger partial charge in [-0.2, -0.15) is 0 Å². The molecule has 3 rings (SSSR count). The van der Waals surface area contributed by atoms with Gasteiger partial charge < -0.3 is 14.4 Å². The number of benzene rings is 3. The molecule has 0 saturated heterocycles. The van der Waals surface area contributed by atoms with Crippen LogP contribution in [0.3, 0.4) is 0 Å². The second-order valence-electron chi connectivity index (χ2n) is 5.88. The summed E-state index contributed by atoms with van der Waals surface area (Å²) in [6.07, 6.45) is 0. The van der Waals surface area contributed by atoms with Gasteiger partial charge in [-0.25, -0.2) is 0 Å². The van der Waals surface area contributed by atoms with Gasteiger partial charge in [0.25, 0.3) is 5.91 Å². The minimum absolute atomic E-state index is 0.0318. The molecule has 0 aliphatic rings. The molecule has 0 aliphatic heterocycles. The minimum Gasteiger partial charge on any atom is -0.493 e. The molecule has 0 saturated carbocycles. The summed E-state index contributed by atoms with van der Waals surface area (Å²) in [6.45, 7) is 0.437. The number of hydrogen-bond acceptors (Lipinski definition) is 3. The zero-order chi connectivity index (χ0) is 17.8. The fourth-order valence-electron chi connectivity index (χ4n) is 2.95. The van der Waals surface area contributed by atoms with Crippen molar-refractivity contribution in [1.29, 1.82) is 0 Å². The number of hydrogen-bond donors (Lipinski definition) is 0. The van der Waals surface area contributed by atoms with Crippen molar-refractivity contribution in [2.45, 2.75) is 6.54 Å². The fourth-order valence-corrected chi connectivity index (χ4v) is 2.95. The highest BCUT2D eigenvalue weighted by Crippen LogP contribution is 2.31. The molecule has 4 nitrogen and oxygen atoms in total. The van der Waals surface area contributed by atoms with Crippen LogP contribution >= 0.6 is 0 Å². The van der Waals surface area contributed by atoms with Crippen LogP contribution in [0.2, 0.25) is 0 Å². The summed E-state index contributed by atoms with van der Waals surface area (Å²) < 4.78 is 10.8. The van der Waals surface area contributed by atoms with E-state index < -0.39 is 0 Å². The van der Waals surface area contributed by atoms with E-state index in [4.69, 9.17) is 9.47 Å². The van der Waals surface area contributed by atoms with Crippen LogP contribution in [0.25, 0.3) is 10.8 Å². The van der Waals surface area contributed by atoms with Crippen molar-refractivity contribution in [2.75, 3.05) is 21.3 Å². The monoisotopic (exact) mass is 335 g/mol. The first-order valence-electron chi connectivity index (χ1n) is 8.08. The predicted molar refractivity (Wildman–Crippen MR) is 99.3 cm³/mol. The molecule has 3 aromatic rings. The number of carbonyl (C=O) groups is 1. The second-order valence-corrected chi connectivity index (χ2v) is 5.88. The highest BCUT2D eigenvalue weighted by atomic mass is 16.5. The van der Waals surface area contributed by atoms with Gasteiger partial charge >= 0.3 is 0 Å². The number of methoxy groups -OCH3 is 2. The Morgan fingerprint density at radius 2 is 1.68 bits per heavy atom. The van der Waals surface area contributed by atoms with E-state index >= 15 is 0 Å². The number of ether oxygens (including phenoxy) is 2. The van der Waals surface area contributed by atoms with E-state index in [1.165, 1.54) is 0 Å². The average Bonchev–Trinajstić information content (AvgIpc) is 2.66. The zero-order valence-electron chi connectivity index (χ0n) is 14.7. The molecule has 0 aromatic heterocycles. The minimum atomic E-state index is -0.0318. The Morgan fingerprint density at radius 1 is 0.920 bits per heavy atom. The van der Waals surface area contributed by atoms with Crippen LogP contribution in [-0.2, 0) is 6.54 Å². The SMILES string of the molecule is COc1cccc(CN(C)C(=O)c2ccc3ccccc3c2)c1OC. The highest BCUT2D eigenvalue weighted by molar-refractivity contribution is 5.98. The normalized spacial score (nSPS) is 10.5. The molecule has 0 bridgehead atoms. The van der Waals surface area contributed by atoms with Gasteiger partial charge in [-0.1, -0.05) is 42.5 Å². The van der Waals surface area contributed by atoms with E-state index in [1.807, 2.05) is 60.7 Å². The third kappa shape index (κ3) is 3.43. The van der Waals surface area contributed by atoms with Crippen LogP contribution in [0.1, 0.15) is 15.9 Å². The number of rotatable bonds is 5. The summed E-state index contributed by atoms with van der Waals surface area (Å²) in [5, 5.41) is 2.18. The van der Waals surface area contributed by atoms with Crippen molar-refractivity contribution < 1.29 is 14.3 Å². The maximum atomic E-state index is 12.8. The van der Waals surface area contributed by atoms with Gasteiger partial charge in [0.05, 0.1) is 14.2 Å². The van der Waals surface area contributed by atoms with Crippen LogP contribution in [0, 0.1) is 0 Å². The lowest BCUT2D eigenvalue weighted by Crippen LogP contribution is -2.26. The van der Waals surface area contributed by atoms with Crippen LogP contribution in [-0.4, -0.2) is 32.1 Å². The lowest BCUT2D eigenvalue weighted by atomic mass is 10.1. The third-order valence-corrected chi connectivity index (χ3v) is 4.24. The number of amides is 1. The van der Waals surface area contributed by atoms with Crippen LogP contribution in [0.5, 0.6) is 11.5 Å². The fraction of sp³-hybridized carbons (Fsp3) is 0.190. The molecule has 0 spiro atoms. The quantitative estimate of drug-likeness (QED) is 0.704. The molecule has 1 amide bonds. The Bertz CT molecular complexity index is 905.